The van der Waals surface area contributed by atoms with Crippen molar-refractivity contribution in [3.8, 4) is 0 Å². The Bertz CT molecular complexity index is 569. The first-order chi connectivity index (χ1) is 9.26. The SMILES string of the molecule is CCC1CN(Cc2nc3c(N)cccc3o2)CCS1. The molecule has 1 atom stereocenters. The van der Waals surface area contributed by atoms with Crippen LogP contribution in [0, 0.1) is 0 Å². The summed E-state index contributed by atoms with van der Waals surface area (Å²) in [5.41, 5.74) is 8.17. The second-order valence-electron chi connectivity index (χ2n) is 4.94. The van der Waals surface area contributed by atoms with Crippen LogP contribution in [0.5, 0.6) is 0 Å². The molecule has 1 aromatic carbocycles. The number of benzene rings is 1. The van der Waals surface area contributed by atoms with E-state index >= 15 is 0 Å². The minimum absolute atomic E-state index is 0.688. The Hall–Kier alpha value is -1.20. The van der Waals surface area contributed by atoms with E-state index in [1.54, 1.807) is 0 Å². The van der Waals surface area contributed by atoms with Crippen molar-refractivity contribution in [1.82, 2.24) is 9.88 Å². The molecule has 102 valence electrons. The third-order valence-corrected chi connectivity index (χ3v) is 4.90. The van der Waals surface area contributed by atoms with E-state index in [9.17, 15) is 0 Å². The van der Waals surface area contributed by atoms with Crippen molar-refractivity contribution >= 4 is 28.5 Å². The van der Waals surface area contributed by atoms with E-state index in [1.165, 1.54) is 12.2 Å². The summed E-state index contributed by atoms with van der Waals surface area (Å²) >= 11 is 2.07. The molecule has 2 aromatic rings. The minimum Gasteiger partial charge on any atom is -0.439 e. The number of para-hydroxylation sites is 1. The average Bonchev–Trinajstić information content (AvgIpc) is 2.83. The number of rotatable bonds is 3. The standard InChI is InChI=1S/C14H19N3OS/c1-2-10-8-17(6-7-19-10)9-13-16-14-11(15)4-3-5-12(14)18-13/h3-5,10H,2,6-9,15H2,1H3. The van der Waals surface area contributed by atoms with Gasteiger partial charge >= 0.3 is 0 Å². The van der Waals surface area contributed by atoms with Crippen LogP contribution in [0.25, 0.3) is 11.1 Å². The molecular weight excluding hydrogens is 258 g/mol. The molecule has 2 N–H and O–H groups in total. The molecule has 0 amide bonds. The summed E-state index contributed by atoms with van der Waals surface area (Å²) in [5.74, 6) is 1.97. The maximum atomic E-state index is 5.91. The van der Waals surface area contributed by atoms with Crippen molar-refractivity contribution in [2.45, 2.75) is 25.1 Å². The predicted octanol–water partition coefficient (Wildman–Crippen LogP) is 2.74. The first-order valence-corrected chi connectivity index (χ1v) is 7.79. The molecule has 1 unspecified atom stereocenters. The molecule has 1 aromatic heterocycles. The number of fused-ring (bicyclic) bond motifs is 1. The van der Waals surface area contributed by atoms with E-state index in [1.807, 2.05) is 18.2 Å². The quantitative estimate of drug-likeness (QED) is 0.874. The third-order valence-electron chi connectivity index (χ3n) is 3.53. The van der Waals surface area contributed by atoms with Gasteiger partial charge in [0, 0.05) is 24.1 Å². The van der Waals surface area contributed by atoms with Crippen LogP contribution < -0.4 is 5.73 Å². The maximum Gasteiger partial charge on any atom is 0.209 e. The number of hydrogen-bond acceptors (Lipinski definition) is 5. The van der Waals surface area contributed by atoms with E-state index in [0.717, 1.165) is 41.9 Å². The molecule has 0 spiro atoms. The van der Waals surface area contributed by atoms with E-state index in [4.69, 9.17) is 10.2 Å². The van der Waals surface area contributed by atoms with Crippen LogP contribution in [0.4, 0.5) is 5.69 Å². The Labute approximate surface area is 117 Å². The fourth-order valence-corrected chi connectivity index (χ4v) is 3.69. The van der Waals surface area contributed by atoms with Crippen LogP contribution >= 0.6 is 11.8 Å². The van der Waals surface area contributed by atoms with Gasteiger partial charge in [-0.15, -0.1) is 0 Å². The van der Waals surface area contributed by atoms with Crippen LogP contribution in [0.15, 0.2) is 22.6 Å². The van der Waals surface area contributed by atoms with Gasteiger partial charge in [-0.25, -0.2) is 4.98 Å². The molecular formula is C14H19N3OS. The minimum atomic E-state index is 0.688. The molecule has 1 fully saturated rings. The maximum absolute atomic E-state index is 5.91. The fourth-order valence-electron chi connectivity index (χ4n) is 2.45. The second kappa shape index (κ2) is 5.43. The van der Waals surface area contributed by atoms with Crippen LogP contribution in [-0.2, 0) is 6.54 Å². The van der Waals surface area contributed by atoms with Crippen molar-refractivity contribution in [2.24, 2.45) is 0 Å². The summed E-state index contributed by atoms with van der Waals surface area (Å²) in [4.78, 5) is 6.94. The van der Waals surface area contributed by atoms with Gasteiger partial charge in [-0.2, -0.15) is 11.8 Å². The zero-order chi connectivity index (χ0) is 13.2. The lowest BCUT2D eigenvalue weighted by Gasteiger charge is -2.30. The van der Waals surface area contributed by atoms with Gasteiger partial charge in [0.1, 0.15) is 5.52 Å². The van der Waals surface area contributed by atoms with Crippen molar-refractivity contribution in [3.05, 3.63) is 24.1 Å². The molecule has 0 bridgehead atoms. The number of nitrogen functional groups attached to an aromatic ring is 1. The molecule has 4 nitrogen and oxygen atoms in total. The van der Waals surface area contributed by atoms with Gasteiger partial charge in [-0.1, -0.05) is 13.0 Å². The molecule has 2 heterocycles. The molecule has 0 aliphatic carbocycles. The van der Waals surface area contributed by atoms with Crippen LogP contribution in [0.3, 0.4) is 0 Å². The number of oxazole rings is 1. The van der Waals surface area contributed by atoms with Gasteiger partial charge in [-0.05, 0) is 18.6 Å². The Morgan fingerprint density at radius 2 is 2.42 bits per heavy atom. The van der Waals surface area contributed by atoms with Gasteiger partial charge in [0.25, 0.3) is 0 Å². The van der Waals surface area contributed by atoms with Gasteiger partial charge in [0.05, 0.1) is 12.2 Å². The molecule has 1 saturated heterocycles. The van der Waals surface area contributed by atoms with Gasteiger partial charge < -0.3 is 10.2 Å². The normalized spacial score (nSPS) is 21.0. The smallest absolute Gasteiger partial charge is 0.209 e. The Morgan fingerprint density at radius 3 is 3.21 bits per heavy atom. The predicted molar refractivity (Wildman–Crippen MR) is 80.2 cm³/mol. The third kappa shape index (κ3) is 2.72. The number of aromatic nitrogens is 1. The summed E-state index contributed by atoms with van der Waals surface area (Å²) in [6, 6.07) is 5.68. The number of hydrogen-bond donors (Lipinski definition) is 1. The van der Waals surface area contributed by atoms with Crippen LogP contribution in [-0.4, -0.2) is 34.0 Å². The van der Waals surface area contributed by atoms with Gasteiger partial charge in [0.15, 0.2) is 5.58 Å². The van der Waals surface area contributed by atoms with Gasteiger partial charge in [0.2, 0.25) is 5.89 Å². The second-order valence-corrected chi connectivity index (χ2v) is 6.35. The Balaban J connectivity index is 1.76. The largest absolute Gasteiger partial charge is 0.439 e. The summed E-state index contributed by atoms with van der Waals surface area (Å²) in [6.07, 6.45) is 1.22. The zero-order valence-electron chi connectivity index (χ0n) is 11.1. The van der Waals surface area contributed by atoms with E-state index in [0.29, 0.717) is 5.69 Å². The summed E-state index contributed by atoms with van der Waals surface area (Å²) in [5, 5.41) is 0.739. The number of anilines is 1. The van der Waals surface area contributed by atoms with Crippen LogP contribution in [0.1, 0.15) is 19.2 Å². The van der Waals surface area contributed by atoms with Crippen molar-refractivity contribution < 1.29 is 4.42 Å². The average molecular weight is 277 g/mol. The zero-order valence-corrected chi connectivity index (χ0v) is 11.9. The van der Waals surface area contributed by atoms with Crippen LogP contribution in [0.2, 0.25) is 0 Å². The highest BCUT2D eigenvalue weighted by molar-refractivity contribution is 8.00. The lowest BCUT2D eigenvalue weighted by Crippen LogP contribution is -2.37. The van der Waals surface area contributed by atoms with E-state index < -0.39 is 0 Å². The first kappa shape index (κ1) is 12.8. The van der Waals surface area contributed by atoms with E-state index in [2.05, 4.69) is 28.6 Å². The summed E-state index contributed by atoms with van der Waals surface area (Å²) in [6.45, 7) is 5.26. The first-order valence-electron chi connectivity index (χ1n) is 6.74. The number of thioether (sulfide) groups is 1. The highest BCUT2D eigenvalue weighted by Crippen LogP contribution is 2.25. The van der Waals surface area contributed by atoms with Crippen molar-refractivity contribution in [3.63, 3.8) is 0 Å². The number of nitrogens with two attached hydrogens (primary N) is 1. The molecule has 1 aliphatic rings. The highest BCUT2D eigenvalue weighted by Gasteiger charge is 2.20. The molecule has 0 saturated carbocycles. The monoisotopic (exact) mass is 277 g/mol. The Kier molecular flexibility index (Phi) is 3.66. The summed E-state index contributed by atoms with van der Waals surface area (Å²) in [7, 11) is 0. The molecule has 19 heavy (non-hydrogen) atoms. The number of nitrogens with zero attached hydrogens (tertiary/aromatic N) is 2. The molecule has 5 heteroatoms. The molecule has 3 rings (SSSR count). The lowest BCUT2D eigenvalue weighted by molar-refractivity contribution is 0.248. The summed E-state index contributed by atoms with van der Waals surface area (Å²) < 4.78 is 5.78. The van der Waals surface area contributed by atoms with Crippen molar-refractivity contribution in [1.29, 1.82) is 0 Å². The van der Waals surface area contributed by atoms with Crippen molar-refractivity contribution in [2.75, 3.05) is 24.6 Å². The molecule has 1 aliphatic heterocycles. The lowest BCUT2D eigenvalue weighted by atomic mass is 10.3. The van der Waals surface area contributed by atoms with Gasteiger partial charge in [-0.3, -0.25) is 4.90 Å². The fraction of sp³-hybridized carbons (Fsp3) is 0.500. The molecule has 0 radical (unpaired) electrons. The topological polar surface area (TPSA) is 55.3 Å². The Morgan fingerprint density at radius 1 is 1.53 bits per heavy atom. The van der Waals surface area contributed by atoms with E-state index in [-0.39, 0.29) is 0 Å². The highest BCUT2D eigenvalue weighted by atomic mass is 32.2.